The Morgan fingerprint density at radius 1 is 0.973 bits per heavy atom. The maximum atomic E-state index is 11.3. The lowest BCUT2D eigenvalue weighted by molar-refractivity contribution is -0.311. The van der Waals surface area contributed by atoms with Crippen molar-refractivity contribution in [1.82, 2.24) is 0 Å². The Labute approximate surface area is 224 Å². The molecule has 1 saturated heterocycles. The summed E-state index contributed by atoms with van der Waals surface area (Å²) in [5, 5.41) is 11.3. The van der Waals surface area contributed by atoms with Crippen LogP contribution in [0.25, 0.3) is 6.08 Å². The van der Waals surface area contributed by atoms with Gasteiger partial charge >= 0.3 is 0 Å². The first-order valence-corrected chi connectivity index (χ1v) is 15.1. The zero-order valence-corrected chi connectivity index (χ0v) is 23.6. The minimum absolute atomic E-state index is 0.0281. The van der Waals surface area contributed by atoms with E-state index in [1.54, 1.807) is 11.1 Å². The second-order valence-electron chi connectivity index (χ2n) is 14.3. The average Bonchev–Trinajstić information content (AvgIpc) is 3.65. The molecule has 4 aliphatic carbocycles. The van der Waals surface area contributed by atoms with Gasteiger partial charge in [0.1, 0.15) is 0 Å². The van der Waals surface area contributed by atoms with E-state index in [0.29, 0.717) is 23.7 Å². The Morgan fingerprint density at radius 2 is 1.70 bits per heavy atom. The molecule has 1 heterocycles. The van der Waals surface area contributed by atoms with Gasteiger partial charge in [0.05, 0.1) is 19.3 Å². The number of benzene rings is 1. The van der Waals surface area contributed by atoms with E-state index in [2.05, 4.69) is 64.1 Å². The number of aliphatic hydroxyl groups is 1. The van der Waals surface area contributed by atoms with Gasteiger partial charge in [-0.25, -0.2) is 0 Å². The molecule has 3 heteroatoms. The average molecular weight is 505 g/mol. The van der Waals surface area contributed by atoms with Crippen molar-refractivity contribution >= 4 is 6.08 Å². The molecule has 1 aromatic carbocycles. The third-order valence-corrected chi connectivity index (χ3v) is 10.6. The SMILES string of the molecule is CC(CC1(C)C(O)CCC1C1C=C2CCC3(CC2CC1)OCC(C)(C)CO3)c1ccc(C=C2CC2)cc1. The summed E-state index contributed by atoms with van der Waals surface area (Å²) in [6.07, 6.45) is 16.1. The summed E-state index contributed by atoms with van der Waals surface area (Å²) >= 11 is 0. The molecule has 3 nitrogen and oxygen atoms in total. The molecule has 6 atom stereocenters. The van der Waals surface area contributed by atoms with Crippen molar-refractivity contribution < 1.29 is 14.6 Å². The van der Waals surface area contributed by atoms with Crippen molar-refractivity contribution in [2.75, 3.05) is 13.2 Å². The van der Waals surface area contributed by atoms with E-state index in [-0.39, 0.29) is 22.7 Å². The topological polar surface area (TPSA) is 38.7 Å². The molecular weight excluding hydrogens is 456 g/mol. The Morgan fingerprint density at radius 3 is 2.41 bits per heavy atom. The van der Waals surface area contributed by atoms with Gasteiger partial charge in [-0.2, -0.15) is 0 Å². The van der Waals surface area contributed by atoms with Gasteiger partial charge in [0.25, 0.3) is 0 Å². The fourth-order valence-electron chi connectivity index (χ4n) is 8.11. The van der Waals surface area contributed by atoms with Gasteiger partial charge in [-0.15, -0.1) is 0 Å². The van der Waals surface area contributed by atoms with Crippen LogP contribution in [0.3, 0.4) is 0 Å². The van der Waals surface area contributed by atoms with E-state index >= 15 is 0 Å². The highest BCUT2D eigenvalue weighted by Gasteiger charge is 2.51. The Bertz CT molecular complexity index is 1030. The van der Waals surface area contributed by atoms with Crippen LogP contribution < -0.4 is 0 Å². The van der Waals surface area contributed by atoms with Crippen LogP contribution >= 0.6 is 0 Å². The molecule has 0 amide bonds. The van der Waals surface area contributed by atoms with Crippen molar-refractivity contribution in [3.63, 3.8) is 0 Å². The first kappa shape index (κ1) is 25.8. The molecule has 1 N–H and O–H groups in total. The fourth-order valence-corrected chi connectivity index (χ4v) is 8.11. The molecule has 0 bridgehead atoms. The maximum absolute atomic E-state index is 11.3. The summed E-state index contributed by atoms with van der Waals surface area (Å²) in [7, 11) is 0. The smallest absolute Gasteiger partial charge is 0.169 e. The van der Waals surface area contributed by atoms with Crippen LogP contribution in [0.15, 0.2) is 41.5 Å². The van der Waals surface area contributed by atoms with Crippen LogP contribution in [-0.2, 0) is 9.47 Å². The lowest BCUT2D eigenvalue weighted by Gasteiger charge is -2.49. The molecule has 6 rings (SSSR count). The van der Waals surface area contributed by atoms with Crippen molar-refractivity contribution in [2.45, 2.75) is 110 Å². The highest BCUT2D eigenvalue weighted by atomic mass is 16.7. The minimum atomic E-state index is -0.345. The standard InChI is InChI=1S/C34H48O3/c1-23(26-9-7-25(8-10-26)17-24-5-6-24)19-33(4)30(13-14-31(33)35)28-11-12-29-20-34(16-15-27(29)18-28)36-21-32(2,3)22-37-34/h7-10,17-18,23,28-31,35H,5-6,11-16,19-22H2,1-4H3. The van der Waals surface area contributed by atoms with E-state index in [0.717, 1.165) is 51.7 Å². The van der Waals surface area contributed by atoms with Gasteiger partial charge in [0.15, 0.2) is 5.79 Å². The summed E-state index contributed by atoms with van der Waals surface area (Å²) in [6.45, 7) is 10.8. The highest BCUT2D eigenvalue weighted by molar-refractivity contribution is 5.56. The van der Waals surface area contributed by atoms with Gasteiger partial charge in [-0.05, 0) is 91.6 Å². The fraction of sp³-hybridized carbons (Fsp3) is 0.706. The van der Waals surface area contributed by atoms with Crippen molar-refractivity contribution in [1.29, 1.82) is 0 Å². The van der Waals surface area contributed by atoms with E-state index in [4.69, 9.17) is 9.47 Å². The maximum Gasteiger partial charge on any atom is 0.169 e. The van der Waals surface area contributed by atoms with E-state index < -0.39 is 0 Å². The number of fused-ring (bicyclic) bond motifs is 1. The summed E-state index contributed by atoms with van der Waals surface area (Å²) in [5.74, 6) is 1.87. The molecule has 37 heavy (non-hydrogen) atoms. The Hall–Kier alpha value is -1.42. The number of allylic oxidation sites excluding steroid dienone is 3. The molecule has 1 aliphatic heterocycles. The molecule has 1 spiro atoms. The van der Waals surface area contributed by atoms with E-state index in [1.165, 1.54) is 36.8 Å². The van der Waals surface area contributed by atoms with Crippen LogP contribution in [0.4, 0.5) is 0 Å². The van der Waals surface area contributed by atoms with Crippen molar-refractivity contribution in [3.8, 4) is 0 Å². The van der Waals surface area contributed by atoms with Crippen LogP contribution in [-0.4, -0.2) is 30.2 Å². The third-order valence-electron chi connectivity index (χ3n) is 10.6. The first-order chi connectivity index (χ1) is 17.6. The molecule has 4 fully saturated rings. The molecular formula is C34H48O3. The second-order valence-corrected chi connectivity index (χ2v) is 14.3. The lowest BCUT2D eigenvalue weighted by Crippen LogP contribution is -2.50. The molecule has 6 unspecified atom stereocenters. The van der Waals surface area contributed by atoms with E-state index in [1.807, 2.05) is 0 Å². The molecule has 0 radical (unpaired) electrons. The lowest BCUT2D eigenvalue weighted by atomic mass is 9.62. The Kier molecular flexibility index (Phi) is 6.74. The van der Waals surface area contributed by atoms with Crippen molar-refractivity contribution in [3.05, 3.63) is 52.6 Å². The van der Waals surface area contributed by atoms with Crippen LogP contribution in [0, 0.1) is 28.6 Å². The third kappa shape index (κ3) is 5.25. The number of aliphatic hydroxyl groups excluding tert-OH is 1. The first-order valence-electron chi connectivity index (χ1n) is 15.1. The normalized spacial score (nSPS) is 37.1. The largest absolute Gasteiger partial charge is 0.393 e. The number of ether oxygens (including phenoxy) is 2. The van der Waals surface area contributed by atoms with Crippen molar-refractivity contribution in [2.24, 2.45) is 28.6 Å². The zero-order valence-electron chi connectivity index (χ0n) is 23.6. The molecule has 1 aromatic rings. The molecule has 5 aliphatic rings. The van der Waals surface area contributed by atoms with Gasteiger partial charge < -0.3 is 14.6 Å². The Balaban J connectivity index is 1.13. The predicted octanol–water partition coefficient (Wildman–Crippen LogP) is 8.04. The predicted molar refractivity (Wildman–Crippen MR) is 150 cm³/mol. The molecule has 0 aromatic heterocycles. The van der Waals surface area contributed by atoms with Crippen LogP contribution in [0.5, 0.6) is 0 Å². The monoisotopic (exact) mass is 504 g/mol. The van der Waals surface area contributed by atoms with Gasteiger partial charge in [0, 0.05) is 18.3 Å². The molecule has 202 valence electrons. The van der Waals surface area contributed by atoms with Gasteiger partial charge in [0.2, 0.25) is 0 Å². The quantitative estimate of drug-likeness (QED) is 0.412. The zero-order chi connectivity index (χ0) is 25.8. The van der Waals surface area contributed by atoms with Gasteiger partial charge in [-0.1, -0.05) is 75.3 Å². The summed E-state index contributed by atoms with van der Waals surface area (Å²) in [4.78, 5) is 0. The summed E-state index contributed by atoms with van der Waals surface area (Å²) in [6, 6.07) is 9.20. The molecule has 3 saturated carbocycles. The van der Waals surface area contributed by atoms with E-state index in [9.17, 15) is 5.11 Å². The number of hydrogen-bond acceptors (Lipinski definition) is 3. The highest BCUT2D eigenvalue weighted by Crippen LogP contribution is 2.56. The number of hydrogen-bond donors (Lipinski definition) is 1. The van der Waals surface area contributed by atoms with Crippen LogP contribution in [0.1, 0.15) is 109 Å². The minimum Gasteiger partial charge on any atom is -0.393 e. The van der Waals surface area contributed by atoms with Crippen LogP contribution in [0.2, 0.25) is 0 Å². The van der Waals surface area contributed by atoms with Gasteiger partial charge in [-0.3, -0.25) is 0 Å². The summed E-state index contributed by atoms with van der Waals surface area (Å²) in [5.41, 5.74) is 6.06. The second kappa shape index (κ2) is 9.65. The number of rotatable bonds is 5. The summed E-state index contributed by atoms with van der Waals surface area (Å²) < 4.78 is 12.7.